The fraction of sp³-hybridized carbons (Fsp3) is 0.462. The molecule has 0 saturated carbocycles. The summed E-state index contributed by atoms with van der Waals surface area (Å²) in [6.07, 6.45) is 0. The summed E-state index contributed by atoms with van der Waals surface area (Å²) in [5.74, 6) is -1.22. The van der Waals surface area contributed by atoms with Crippen molar-refractivity contribution in [1.82, 2.24) is 9.80 Å². The Labute approximate surface area is 115 Å². The van der Waals surface area contributed by atoms with Crippen molar-refractivity contribution < 1.29 is 14.1 Å². The van der Waals surface area contributed by atoms with Gasteiger partial charge >= 0.3 is 5.69 Å². The fourth-order valence-corrected chi connectivity index (χ4v) is 2.24. The van der Waals surface area contributed by atoms with Gasteiger partial charge in [-0.1, -0.05) is 6.92 Å². The molecule has 20 heavy (non-hydrogen) atoms. The Balaban J connectivity index is 2.14. The first-order valence-electron chi connectivity index (χ1n) is 6.48. The van der Waals surface area contributed by atoms with E-state index in [2.05, 4.69) is 11.8 Å². The van der Waals surface area contributed by atoms with Crippen molar-refractivity contribution in [2.45, 2.75) is 6.92 Å². The summed E-state index contributed by atoms with van der Waals surface area (Å²) in [5, 5.41) is 10.7. The minimum Gasteiger partial charge on any atom is -0.336 e. The molecule has 1 aromatic rings. The van der Waals surface area contributed by atoms with Gasteiger partial charge in [-0.15, -0.1) is 0 Å². The number of nitrogens with zero attached hydrogens (tertiary/aromatic N) is 3. The lowest BCUT2D eigenvalue weighted by molar-refractivity contribution is -0.387. The Morgan fingerprint density at radius 1 is 1.35 bits per heavy atom. The third kappa shape index (κ3) is 2.93. The van der Waals surface area contributed by atoms with E-state index in [0.29, 0.717) is 13.1 Å². The second-order valence-corrected chi connectivity index (χ2v) is 4.65. The number of carbonyl (C=O) groups is 1. The van der Waals surface area contributed by atoms with E-state index in [-0.39, 0.29) is 11.5 Å². The number of hydrogen-bond donors (Lipinski definition) is 0. The van der Waals surface area contributed by atoms with Crippen LogP contribution in [0.1, 0.15) is 17.3 Å². The summed E-state index contributed by atoms with van der Waals surface area (Å²) in [5.41, 5.74) is -0.508. The summed E-state index contributed by atoms with van der Waals surface area (Å²) >= 11 is 0. The SMILES string of the molecule is CCN1CCN(C(=O)c2ccc(F)c([N+](=O)[O-])c2)CC1. The van der Waals surface area contributed by atoms with E-state index in [1.807, 2.05) is 0 Å². The molecule has 6 nitrogen and oxygen atoms in total. The van der Waals surface area contributed by atoms with Gasteiger partial charge in [0.1, 0.15) is 0 Å². The van der Waals surface area contributed by atoms with E-state index in [9.17, 15) is 19.3 Å². The van der Waals surface area contributed by atoms with Gasteiger partial charge in [0.2, 0.25) is 5.82 Å². The minimum absolute atomic E-state index is 0.156. The largest absolute Gasteiger partial charge is 0.336 e. The highest BCUT2D eigenvalue weighted by Gasteiger charge is 2.24. The van der Waals surface area contributed by atoms with Crippen LogP contribution in [0.5, 0.6) is 0 Å². The lowest BCUT2D eigenvalue weighted by Gasteiger charge is -2.34. The molecule has 2 rings (SSSR count). The van der Waals surface area contributed by atoms with Crippen molar-refractivity contribution in [3.05, 3.63) is 39.7 Å². The molecule has 0 atom stereocenters. The molecule has 1 saturated heterocycles. The molecule has 0 aliphatic carbocycles. The lowest BCUT2D eigenvalue weighted by atomic mass is 10.1. The highest BCUT2D eigenvalue weighted by Crippen LogP contribution is 2.20. The topological polar surface area (TPSA) is 66.7 Å². The molecular weight excluding hydrogens is 265 g/mol. The minimum atomic E-state index is -0.928. The first-order valence-corrected chi connectivity index (χ1v) is 6.48. The Hall–Kier alpha value is -2.02. The molecule has 0 N–H and O–H groups in total. The Bertz CT molecular complexity index is 528. The molecule has 108 valence electrons. The first kappa shape index (κ1) is 14.4. The Morgan fingerprint density at radius 3 is 2.55 bits per heavy atom. The number of halogens is 1. The number of likely N-dealkylation sites (N-methyl/N-ethyl adjacent to an activating group) is 1. The zero-order valence-corrected chi connectivity index (χ0v) is 11.2. The summed E-state index contributed by atoms with van der Waals surface area (Å²) in [6.45, 7) is 5.72. The quantitative estimate of drug-likeness (QED) is 0.622. The smallest absolute Gasteiger partial charge is 0.305 e. The highest BCUT2D eigenvalue weighted by atomic mass is 19.1. The van der Waals surface area contributed by atoms with Gasteiger partial charge in [-0.05, 0) is 18.7 Å². The van der Waals surface area contributed by atoms with E-state index in [0.717, 1.165) is 31.8 Å². The number of benzene rings is 1. The van der Waals surface area contributed by atoms with Crippen LogP contribution in [0, 0.1) is 15.9 Å². The summed E-state index contributed by atoms with van der Waals surface area (Å²) in [4.78, 5) is 26.0. The van der Waals surface area contributed by atoms with Crippen molar-refractivity contribution in [2.75, 3.05) is 32.7 Å². The number of nitro benzene ring substituents is 1. The summed E-state index contributed by atoms with van der Waals surface area (Å²) in [7, 11) is 0. The van der Waals surface area contributed by atoms with E-state index < -0.39 is 16.4 Å². The monoisotopic (exact) mass is 281 g/mol. The first-order chi connectivity index (χ1) is 9.52. The van der Waals surface area contributed by atoms with Crippen LogP contribution >= 0.6 is 0 Å². The molecule has 0 aromatic heterocycles. The maximum atomic E-state index is 13.2. The van der Waals surface area contributed by atoms with Crippen molar-refractivity contribution in [2.24, 2.45) is 0 Å². The zero-order valence-electron chi connectivity index (χ0n) is 11.2. The van der Waals surface area contributed by atoms with E-state index in [1.165, 1.54) is 6.07 Å². The number of piperazine rings is 1. The van der Waals surface area contributed by atoms with E-state index in [1.54, 1.807) is 4.90 Å². The maximum Gasteiger partial charge on any atom is 0.305 e. The molecule has 1 aromatic carbocycles. The number of hydrogen-bond acceptors (Lipinski definition) is 4. The molecule has 0 radical (unpaired) electrons. The predicted molar refractivity (Wildman–Crippen MR) is 71.1 cm³/mol. The average Bonchev–Trinajstić information content (AvgIpc) is 2.47. The van der Waals surface area contributed by atoms with Gasteiger partial charge in [0.05, 0.1) is 4.92 Å². The molecule has 0 unspecified atom stereocenters. The van der Waals surface area contributed by atoms with Gasteiger partial charge in [-0.3, -0.25) is 14.9 Å². The molecule has 7 heteroatoms. The third-order valence-corrected chi connectivity index (χ3v) is 3.50. The molecule has 1 heterocycles. The predicted octanol–water partition coefficient (Wildman–Crippen LogP) is 1.51. The van der Waals surface area contributed by atoms with E-state index >= 15 is 0 Å². The van der Waals surface area contributed by atoms with Crippen LogP contribution in [0.3, 0.4) is 0 Å². The van der Waals surface area contributed by atoms with Crippen molar-refractivity contribution in [1.29, 1.82) is 0 Å². The number of rotatable bonds is 3. The van der Waals surface area contributed by atoms with Crippen LogP contribution in [-0.2, 0) is 0 Å². The molecule has 1 fully saturated rings. The van der Waals surface area contributed by atoms with Crippen LogP contribution in [0.4, 0.5) is 10.1 Å². The van der Waals surface area contributed by atoms with Crippen LogP contribution < -0.4 is 0 Å². The highest BCUT2D eigenvalue weighted by molar-refractivity contribution is 5.95. The van der Waals surface area contributed by atoms with Gasteiger partial charge in [-0.2, -0.15) is 4.39 Å². The normalized spacial score (nSPS) is 16.2. The Kier molecular flexibility index (Phi) is 4.29. The molecular formula is C13H16FN3O3. The average molecular weight is 281 g/mol. The van der Waals surface area contributed by atoms with Gasteiger partial charge in [-0.25, -0.2) is 0 Å². The van der Waals surface area contributed by atoms with Gasteiger partial charge in [0.15, 0.2) is 0 Å². The van der Waals surface area contributed by atoms with Gasteiger partial charge < -0.3 is 9.80 Å². The third-order valence-electron chi connectivity index (χ3n) is 3.50. The lowest BCUT2D eigenvalue weighted by Crippen LogP contribution is -2.48. The Morgan fingerprint density at radius 2 is 2.00 bits per heavy atom. The van der Waals surface area contributed by atoms with Crippen LogP contribution in [-0.4, -0.2) is 53.4 Å². The number of amides is 1. The van der Waals surface area contributed by atoms with Crippen molar-refractivity contribution in [3.63, 3.8) is 0 Å². The molecule has 1 amide bonds. The summed E-state index contributed by atoms with van der Waals surface area (Å²) < 4.78 is 13.2. The standard InChI is InChI=1S/C13H16FN3O3/c1-2-15-5-7-16(8-6-15)13(18)10-3-4-11(14)12(9-10)17(19)20/h3-4,9H,2,5-8H2,1H3. The number of carbonyl (C=O) groups excluding carboxylic acids is 1. The molecule has 1 aliphatic heterocycles. The second-order valence-electron chi connectivity index (χ2n) is 4.65. The summed E-state index contributed by atoms with van der Waals surface area (Å²) in [6, 6.07) is 3.26. The van der Waals surface area contributed by atoms with Crippen LogP contribution in [0.2, 0.25) is 0 Å². The fourth-order valence-electron chi connectivity index (χ4n) is 2.24. The zero-order chi connectivity index (χ0) is 14.7. The molecule has 1 aliphatic rings. The number of nitro groups is 1. The second kappa shape index (κ2) is 5.96. The van der Waals surface area contributed by atoms with Crippen LogP contribution in [0.25, 0.3) is 0 Å². The van der Waals surface area contributed by atoms with E-state index in [4.69, 9.17) is 0 Å². The molecule has 0 spiro atoms. The van der Waals surface area contributed by atoms with Crippen molar-refractivity contribution >= 4 is 11.6 Å². The van der Waals surface area contributed by atoms with Crippen molar-refractivity contribution in [3.8, 4) is 0 Å². The van der Waals surface area contributed by atoms with Gasteiger partial charge in [0, 0.05) is 37.8 Å². The molecule has 0 bridgehead atoms. The van der Waals surface area contributed by atoms with Crippen LogP contribution in [0.15, 0.2) is 18.2 Å². The maximum absolute atomic E-state index is 13.2. The van der Waals surface area contributed by atoms with Gasteiger partial charge in [0.25, 0.3) is 5.91 Å².